The second-order valence-electron chi connectivity index (χ2n) is 8.05. The van der Waals surface area contributed by atoms with Crippen LogP contribution in [0.2, 0.25) is 0 Å². The predicted octanol–water partition coefficient (Wildman–Crippen LogP) is 4.04. The third-order valence-electron chi connectivity index (χ3n) is 6.46. The lowest BCUT2D eigenvalue weighted by Gasteiger charge is -2.51. The Morgan fingerprint density at radius 2 is 1.80 bits per heavy atom. The molecule has 0 heterocycles. The Morgan fingerprint density at radius 3 is 2.35 bits per heavy atom. The van der Waals surface area contributed by atoms with Gasteiger partial charge in [-0.3, -0.25) is 4.90 Å². The number of likely N-dealkylation sites (N-methyl/N-ethyl adjacent to an activating group) is 1. The molecule has 2 atom stereocenters. The van der Waals surface area contributed by atoms with Crippen molar-refractivity contribution >= 4 is 0 Å². The molecule has 2 unspecified atom stereocenters. The predicted molar refractivity (Wildman–Crippen MR) is 87.8 cm³/mol. The Hall–Kier alpha value is -0.0800. The maximum atomic E-state index is 6.29. The standard InChI is InChI=1S/C18H36N2/c1-14(2)16-6-5-11-18(12-16,13-19)20(4)17-9-7-15(3)8-10-17/h14-17H,5-13,19H2,1-4H3. The van der Waals surface area contributed by atoms with Crippen LogP contribution < -0.4 is 5.73 Å². The summed E-state index contributed by atoms with van der Waals surface area (Å²) >= 11 is 0. The number of nitrogens with zero attached hydrogens (tertiary/aromatic N) is 1. The molecule has 0 radical (unpaired) electrons. The van der Waals surface area contributed by atoms with Crippen LogP contribution in [-0.2, 0) is 0 Å². The van der Waals surface area contributed by atoms with Crippen LogP contribution in [0, 0.1) is 17.8 Å². The van der Waals surface area contributed by atoms with Crippen molar-refractivity contribution in [2.75, 3.05) is 13.6 Å². The van der Waals surface area contributed by atoms with Crippen molar-refractivity contribution in [2.45, 2.75) is 83.7 Å². The van der Waals surface area contributed by atoms with Gasteiger partial charge in [-0.15, -0.1) is 0 Å². The molecule has 0 aromatic rings. The highest BCUT2D eigenvalue weighted by Crippen LogP contribution is 2.41. The molecular weight excluding hydrogens is 244 g/mol. The molecule has 0 aromatic carbocycles. The molecule has 0 amide bonds. The Bertz CT molecular complexity index is 294. The SMILES string of the molecule is CC1CCC(N(C)C2(CN)CCCC(C(C)C)C2)CC1. The molecule has 0 aromatic heterocycles. The van der Waals surface area contributed by atoms with Crippen LogP contribution in [0.3, 0.4) is 0 Å². The van der Waals surface area contributed by atoms with E-state index in [2.05, 4.69) is 32.7 Å². The van der Waals surface area contributed by atoms with Crippen LogP contribution >= 0.6 is 0 Å². The second-order valence-corrected chi connectivity index (χ2v) is 8.05. The van der Waals surface area contributed by atoms with E-state index in [1.165, 1.54) is 51.4 Å². The summed E-state index contributed by atoms with van der Waals surface area (Å²) in [6.07, 6.45) is 11.0. The summed E-state index contributed by atoms with van der Waals surface area (Å²) in [6.45, 7) is 8.03. The number of hydrogen-bond donors (Lipinski definition) is 1. The van der Waals surface area contributed by atoms with Gasteiger partial charge in [-0.2, -0.15) is 0 Å². The van der Waals surface area contributed by atoms with Crippen molar-refractivity contribution in [1.29, 1.82) is 0 Å². The van der Waals surface area contributed by atoms with E-state index < -0.39 is 0 Å². The van der Waals surface area contributed by atoms with E-state index in [9.17, 15) is 0 Å². The first kappa shape index (κ1) is 16.3. The molecule has 0 spiro atoms. The zero-order valence-corrected chi connectivity index (χ0v) is 14.2. The summed E-state index contributed by atoms with van der Waals surface area (Å²) in [4.78, 5) is 2.72. The van der Waals surface area contributed by atoms with Gasteiger partial charge in [-0.05, 0) is 63.3 Å². The van der Waals surface area contributed by atoms with Gasteiger partial charge in [0.1, 0.15) is 0 Å². The normalized spacial score (nSPS) is 39.5. The maximum Gasteiger partial charge on any atom is 0.0334 e. The maximum absolute atomic E-state index is 6.29. The topological polar surface area (TPSA) is 29.3 Å². The molecule has 2 fully saturated rings. The molecule has 2 N–H and O–H groups in total. The Balaban J connectivity index is 2.05. The van der Waals surface area contributed by atoms with E-state index >= 15 is 0 Å². The average Bonchev–Trinajstić information content (AvgIpc) is 2.47. The molecule has 2 rings (SSSR count). The van der Waals surface area contributed by atoms with Crippen LogP contribution in [0.5, 0.6) is 0 Å². The third-order valence-corrected chi connectivity index (χ3v) is 6.46. The first-order chi connectivity index (χ1) is 9.48. The van der Waals surface area contributed by atoms with Crippen molar-refractivity contribution in [1.82, 2.24) is 4.90 Å². The van der Waals surface area contributed by atoms with Crippen molar-refractivity contribution < 1.29 is 0 Å². The fourth-order valence-electron chi connectivity index (χ4n) is 4.62. The summed E-state index contributed by atoms with van der Waals surface area (Å²) in [7, 11) is 2.37. The van der Waals surface area contributed by atoms with Gasteiger partial charge in [0.2, 0.25) is 0 Å². The lowest BCUT2D eigenvalue weighted by atomic mass is 9.70. The summed E-state index contributed by atoms with van der Waals surface area (Å²) in [6, 6.07) is 0.778. The molecule has 2 saturated carbocycles. The summed E-state index contributed by atoms with van der Waals surface area (Å²) < 4.78 is 0. The minimum Gasteiger partial charge on any atom is -0.329 e. The van der Waals surface area contributed by atoms with Gasteiger partial charge in [0.15, 0.2) is 0 Å². The highest BCUT2D eigenvalue weighted by Gasteiger charge is 2.42. The molecule has 2 nitrogen and oxygen atoms in total. The molecule has 0 saturated heterocycles. The first-order valence-electron chi connectivity index (χ1n) is 8.91. The Morgan fingerprint density at radius 1 is 1.15 bits per heavy atom. The highest BCUT2D eigenvalue weighted by atomic mass is 15.2. The minimum absolute atomic E-state index is 0.290. The fraction of sp³-hybridized carbons (Fsp3) is 1.00. The Labute approximate surface area is 126 Å². The molecule has 2 aliphatic carbocycles. The van der Waals surface area contributed by atoms with Gasteiger partial charge in [0.05, 0.1) is 0 Å². The molecule has 0 aliphatic heterocycles. The zero-order chi connectivity index (χ0) is 14.8. The molecule has 2 heteroatoms. The molecule has 2 aliphatic rings. The molecule has 118 valence electrons. The summed E-state index contributed by atoms with van der Waals surface area (Å²) in [5.74, 6) is 2.61. The monoisotopic (exact) mass is 280 g/mol. The van der Waals surface area contributed by atoms with Crippen molar-refractivity contribution in [3.05, 3.63) is 0 Å². The van der Waals surface area contributed by atoms with Gasteiger partial charge in [-0.25, -0.2) is 0 Å². The van der Waals surface area contributed by atoms with Crippen LogP contribution in [0.4, 0.5) is 0 Å². The van der Waals surface area contributed by atoms with Gasteiger partial charge in [-0.1, -0.05) is 33.6 Å². The second kappa shape index (κ2) is 6.79. The van der Waals surface area contributed by atoms with Gasteiger partial charge in [0, 0.05) is 18.1 Å². The van der Waals surface area contributed by atoms with Gasteiger partial charge >= 0.3 is 0 Å². The lowest BCUT2D eigenvalue weighted by molar-refractivity contribution is -0.000119. The van der Waals surface area contributed by atoms with Crippen LogP contribution in [0.15, 0.2) is 0 Å². The van der Waals surface area contributed by atoms with E-state index in [-0.39, 0.29) is 0 Å². The van der Waals surface area contributed by atoms with Crippen molar-refractivity contribution in [2.24, 2.45) is 23.5 Å². The van der Waals surface area contributed by atoms with E-state index in [1.54, 1.807) is 0 Å². The largest absolute Gasteiger partial charge is 0.329 e. The third kappa shape index (κ3) is 3.39. The molecular formula is C18H36N2. The smallest absolute Gasteiger partial charge is 0.0334 e. The van der Waals surface area contributed by atoms with E-state index in [0.29, 0.717) is 5.54 Å². The van der Waals surface area contributed by atoms with E-state index in [0.717, 1.165) is 30.3 Å². The minimum atomic E-state index is 0.290. The number of hydrogen-bond acceptors (Lipinski definition) is 2. The fourth-order valence-corrected chi connectivity index (χ4v) is 4.62. The van der Waals surface area contributed by atoms with Crippen molar-refractivity contribution in [3.8, 4) is 0 Å². The summed E-state index contributed by atoms with van der Waals surface area (Å²) in [5, 5.41) is 0. The first-order valence-corrected chi connectivity index (χ1v) is 8.91. The lowest BCUT2D eigenvalue weighted by Crippen LogP contribution is -2.58. The van der Waals surface area contributed by atoms with Crippen LogP contribution in [-0.4, -0.2) is 30.1 Å². The summed E-state index contributed by atoms with van der Waals surface area (Å²) in [5.41, 5.74) is 6.58. The van der Waals surface area contributed by atoms with Gasteiger partial charge < -0.3 is 5.73 Å². The van der Waals surface area contributed by atoms with Crippen LogP contribution in [0.25, 0.3) is 0 Å². The molecule has 0 bridgehead atoms. The number of nitrogens with two attached hydrogens (primary N) is 1. The van der Waals surface area contributed by atoms with Crippen LogP contribution in [0.1, 0.15) is 72.1 Å². The quantitative estimate of drug-likeness (QED) is 0.842. The van der Waals surface area contributed by atoms with Crippen molar-refractivity contribution in [3.63, 3.8) is 0 Å². The van der Waals surface area contributed by atoms with Gasteiger partial charge in [0.25, 0.3) is 0 Å². The zero-order valence-electron chi connectivity index (χ0n) is 14.2. The van der Waals surface area contributed by atoms with E-state index in [4.69, 9.17) is 5.73 Å². The van der Waals surface area contributed by atoms with E-state index in [1.807, 2.05) is 0 Å². The number of rotatable bonds is 4. The highest BCUT2D eigenvalue weighted by molar-refractivity contribution is 4.98. The Kier molecular flexibility index (Phi) is 5.53. The average molecular weight is 280 g/mol. The molecule has 20 heavy (non-hydrogen) atoms.